The minimum absolute atomic E-state index is 0.0688. The number of fused-ring (bicyclic) bond motifs is 1. The van der Waals surface area contributed by atoms with Crippen LogP contribution in [0.25, 0.3) is 0 Å². The molecule has 0 radical (unpaired) electrons. The number of ether oxygens (including phenoxy) is 1. The summed E-state index contributed by atoms with van der Waals surface area (Å²) in [4.78, 5) is 25.1. The second-order valence-electron chi connectivity index (χ2n) is 6.96. The molecular weight excluding hydrogens is 342 g/mol. The fraction of sp³-hybridized carbons (Fsp3) is 0.333. The maximum atomic E-state index is 13.0. The highest BCUT2D eigenvalue weighted by Gasteiger charge is 2.31. The number of alkyl carbamates (subject to hydrolysis) is 1. The largest absolute Gasteiger partial charge is 0.445 e. The van der Waals surface area contributed by atoms with E-state index in [4.69, 9.17) is 4.74 Å². The van der Waals surface area contributed by atoms with E-state index in [1.54, 1.807) is 5.01 Å². The van der Waals surface area contributed by atoms with Crippen LogP contribution in [0.4, 0.5) is 4.79 Å². The highest BCUT2D eigenvalue weighted by Crippen LogP contribution is 2.17. The van der Waals surface area contributed by atoms with Crippen LogP contribution in [-0.2, 0) is 29.2 Å². The van der Waals surface area contributed by atoms with Gasteiger partial charge in [0, 0.05) is 6.54 Å². The molecule has 0 fully saturated rings. The van der Waals surface area contributed by atoms with Crippen LogP contribution in [0.2, 0.25) is 0 Å². The molecule has 0 spiro atoms. The van der Waals surface area contributed by atoms with E-state index in [0.717, 1.165) is 11.1 Å². The van der Waals surface area contributed by atoms with Crippen molar-refractivity contribution in [1.29, 1.82) is 0 Å². The predicted octanol–water partition coefficient (Wildman–Crippen LogP) is 2.98. The fourth-order valence-electron chi connectivity index (χ4n) is 3.02. The average Bonchev–Trinajstić information content (AvgIpc) is 2.70. The molecule has 3 rings (SSSR count). The van der Waals surface area contributed by atoms with Gasteiger partial charge in [0.1, 0.15) is 12.6 Å². The highest BCUT2D eigenvalue weighted by atomic mass is 16.5. The van der Waals surface area contributed by atoms with Gasteiger partial charge in [0.15, 0.2) is 0 Å². The second kappa shape index (κ2) is 8.68. The summed E-state index contributed by atoms with van der Waals surface area (Å²) in [5.74, 6) is -0.239. The van der Waals surface area contributed by atoms with E-state index in [2.05, 4.69) is 10.7 Å². The van der Waals surface area contributed by atoms with Crippen molar-refractivity contribution in [2.75, 3.05) is 0 Å². The molecule has 1 aliphatic heterocycles. The van der Waals surface area contributed by atoms with E-state index < -0.39 is 12.1 Å². The summed E-state index contributed by atoms with van der Waals surface area (Å²) in [7, 11) is 0. The molecule has 0 unspecified atom stereocenters. The molecular formula is C21H25N3O3. The van der Waals surface area contributed by atoms with E-state index in [9.17, 15) is 9.59 Å². The number of amides is 2. The van der Waals surface area contributed by atoms with Gasteiger partial charge >= 0.3 is 6.09 Å². The molecule has 2 N–H and O–H groups in total. The summed E-state index contributed by atoms with van der Waals surface area (Å²) in [6.45, 7) is 5.03. The van der Waals surface area contributed by atoms with Crippen molar-refractivity contribution in [3.05, 3.63) is 71.3 Å². The topological polar surface area (TPSA) is 70.7 Å². The van der Waals surface area contributed by atoms with Gasteiger partial charge in [-0.3, -0.25) is 9.80 Å². The third-order valence-electron chi connectivity index (χ3n) is 4.59. The smallest absolute Gasteiger partial charge is 0.408 e. The Balaban J connectivity index is 1.59. The lowest BCUT2D eigenvalue weighted by Gasteiger charge is -2.33. The minimum atomic E-state index is -0.661. The monoisotopic (exact) mass is 367 g/mol. The number of hydrazine groups is 1. The number of rotatable bonds is 5. The Hall–Kier alpha value is -2.86. The zero-order valence-corrected chi connectivity index (χ0v) is 15.6. The minimum Gasteiger partial charge on any atom is -0.445 e. The summed E-state index contributed by atoms with van der Waals surface area (Å²) < 4.78 is 5.26. The third-order valence-corrected chi connectivity index (χ3v) is 4.59. The average molecular weight is 367 g/mol. The van der Waals surface area contributed by atoms with E-state index in [0.29, 0.717) is 13.1 Å². The van der Waals surface area contributed by atoms with Gasteiger partial charge in [-0.15, -0.1) is 0 Å². The number of hydrogen-bond donors (Lipinski definition) is 2. The van der Waals surface area contributed by atoms with Gasteiger partial charge in [0.25, 0.3) is 5.91 Å². The summed E-state index contributed by atoms with van der Waals surface area (Å²) in [6, 6.07) is 16.8. The van der Waals surface area contributed by atoms with Crippen molar-refractivity contribution < 1.29 is 14.3 Å². The van der Waals surface area contributed by atoms with Crippen LogP contribution >= 0.6 is 0 Å². The van der Waals surface area contributed by atoms with Crippen LogP contribution in [0.15, 0.2) is 54.6 Å². The molecule has 2 amide bonds. The molecule has 142 valence electrons. The van der Waals surface area contributed by atoms with Crippen molar-refractivity contribution in [3.8, 4) is 0 Å². The number of hydrogen-bond acceptors (Lipinski definition) is 4. The number of nitrogens with one attached hydrogen (secondary N) is 2. The Labute approximate surface area is 159 Å². The van der Waals surface area contributed by atoms with Crippen molar-refractivity contribution in [2.24, 2.45) is 5.92 Å². The molecule has 1 atom stereocenters. The zero-order chi connectivity index (χ0) is 19.2. The molecule has 0 saturated carbocycles. The van der Waals surface area contributed by atoms with E-state index in [1.807, 2.05) is 68.4 Å². The molecule has 1 heterocycles. The molecule has 0 saturated heterocycles. The highest BCUT2D eigenvalue weighted by molar-refractivity contribution is 5.85. The van der Waals surface area contributed by atoms with Crippen LogP contribution in [0.1, 0.15) is 30.5 Å². The normalized spacial score (nSPS) is 14.4. The van der Waals surface area contributed by atoms with E-state index >= 15 is 0 Å². The van der Waals surface area contributed by atoms with Crippen LogP contribution in [0.5, 0.6) is 0 Å². The molecule has 2 aromatic carbocycles. The molecule has 6 heteroatoms. The SMILES string of the molecule is CC(C)[C@H](NC(=O)OCc1ccccc1)C(=O)N1Cc2ccccc2CN1. The first-order chi connectivity index (χ1) is 13.0. The Morgan fingerprint density at radius 3 is 2.44 bits per heavy atom. The van der Waals surface area contributed by atoms with Gasteiger partial charge in [-0.2, -0.15) is 0 Å². The standard InChI is InChI=1S/C21H25N3O3/c1-15(2)19(23-21(26)27-14-16-8-4-3-5-9-16)20(25)24-13-18-11-7-6-10-17(18)12-22-24/h3-11,15,19,22H,12-14H2,1-2H3,(H,23,26)/t19-/m0/s1. The first-order valence-electron chi connectivity index (χ1n) is 9.13. The number of benzene rings is 2. The van der Waals surface area contributed by atoms with Crippen LogP contribution in [-0.4, -0.2) is 23.1 Å². The van der Waals surface area contributed by atoms with Crippen molar-refractivity contribution in [1.82, 2.24) is 15.8 Å². The van der Waals surface area contributed by atoms with Crippen molar-refractivity contribution in [3.63, 3.8) is 0 Å². The van der Waals surface area contributed by atoms with Crippen LogP contribution in [0, 0.1) is 5.92 Å². The maximum absolute atomic E-state index is 13.0. The molecule has 1 aliphatic rings. The van der Waals surface area contributed by atoms with Gasteiger partial charge in [-0.1, -0.05) is 68.4 Å². The van der Waals surface area contributed by atoms with Crippen molar-refractivity contribution in [2.45, 2.75) is 39.6 Å². The van der Waals surface area contributed by atoms with E-state index in [-0.39, 0.29) is 18.4 Å². The lowest BCUT2D eigenvalue weighted by Crippen LogP contribution is -2.56. The second-order valence-corrected chi connectivity index (χ2v) is 6.96. The lowest BCUT2D eigenvalue weighted by molar-refractivity contribution is -0.139. The number of carbonyl (C=O) groups excluding carboxylic acids is 2. The first kappa shape index (κ1) is 18.9. The molecule has 6 nitrogen and oxygen atoms in total. The lowest BCUT2D eigenvalue weighted by atomic mass is 10.0. The Morgan fingerprint density at radius 1 is 1.07 bits per heavy atom. The predicted molar refractivity (Wildman–Crippen MR) is 102 cm³/mol. The summed E-state index contributed by atoms with van der Waals surface area (Å²) >= 11 is 0. The summed E-state index contributed by atoms with van der Waals surface area (Å²) in [5, 5.41) is 4.29. The number of carbonyl (C=O) groups is 2. The molecule has 0 aliphatic carbocycles. The Kier molecular flexibility index (Phi) is 6.08. The van der Waals surface area contributed by atoms with Gasteiger partial charge in [-0.05, 0) is 22.6 Å². The van der Waals surface area contributed by atoms with Crippen LogP contribution < -0.4 is 10.7 Å². The number of nitrogens with zero attached hydrogens (tertiary/aromatic N) is 1. The Bertz CT molecular complexity index is 792. The third kappa shape index (κ3) is 4.86. The maximum Gasteiger partial charge on any atom is 0.408 e. The first-order valence-corrected chi connectivity index (χ1v) is 9.13. The summed E-state index contributed by atoms with van der Waals surface area (Å²) in [5.41, 5.74) is 6.32. The fourth-order valence-corrected chi connectivity index (χ4v) is 3.02. The van der Waals surface area contributed by atoms with Gasteiger partial charge < -0.3 is 10.1 Å². The molecule has 0 bridgehead atoms. The molecule has 2 aromatic rings. The zero-order valence-electron chi connectivity index (χ0n) is 15.6. The molecule has 27 heavy (non-hydrogen) atoms. The summed E-state index contributed by atoms with van der Waals surface area (Å²) in [6.07, 6.45) is -0.594. The van der Waals surface area contributed by atoms with Gasteiger partial charge in [0.2, 0.25) is 0 Å². The van der Waals surface area contributed by atoms with Gasteiger partial charge in [0.05, 0.1) is 6.54 Å². The quantitative estimate of drug-likeness (QED) is 0.852. The van der Waals surface area contributed by atoms with Crippen LogP contribution in [0.3, 0.4) is 0 Å². The van der Waals surface area contributed by atoms with Crippen molar-refractivity contribution >= 4 is 12.0 Å². The molecule has 0 aromatic heterocycles. The van der Waals surface area contributed by atoms with E-state index in [1.165, 1.54) is 5.56 Å². The van der Waals surface area contributed by atoms with Gasteiger partial charge in [-0.25, -0.2) is 10.2 Å². The Morgan fingerprint density at radius 2 is 1.74 bits per heavy atom.